The molecule has 0 bridgehead atoms. The van der Waals surface area contributed by atoms with Crippen molar-refractivity contribution in [3.05, 3.63) is 47.5 Å². The third-order valence-electron chi connectivity index (χ3n) is 2.88. The third-order valence-corrected chi connectivity index (χ3v) is 2.88. The van der Waals surface area contributed by atoms with Crippen LogP contribution in [0.1, 0.15) is 18.5 Å². The largest absolute Gasteiger partial charge is 0.362 e. The van der Waals surface area contributed by atoms with E-state index >= 15 is 0 Å². The van der Waals surface area contributed by atoms with E-state index in [1.165, 1.54) is 10.7 Å². The summed E-state index contributed by atoms with van der Waals surface area (Å²) >= 11 is 0. The first kappa shape index (κ1) is 12.4. The highest BCUT2D eigenvalue weighted by atomic mass is 19.2. The lowest BCUT2D eigenvalue weighted by Gasteiger charge is -2.14. The minimum atomic E-state index is -0.875. The van der Waals surface area contributed by atoms with Crippen LogP contribution in [-0.4, -0.2) is 25.3 Å². The zero-order chi connectivity index (χ0) is 14.1. The lowest BCUT2D eigenvalue weighted by Crippen LogP contribution is -2.10. The summed E-state index contributed by atoms with van der Waals surface area (Å²) in [5, 5.41) is 18.1. The highest BCUT2D eigenvalue weighted by Crippen LogP contribution is 2.19. The molecule has 6 nitrogen and oxygen atoms in total. The van der Waals surface area contributed by atoms with Crippen molar-refractivity contribution >= 4 is 11.5 Å². The van der Waals surface area contributed by atoms with E-state index in [0.29, 0.717) is 17.0 Å². The van der Waals surface area contributed by atoms with Gasteiger partial charge in [0.1, 0.15) is 5.82 Å². The number of anilines is 1. The number of benzene rings is 1. The first-order valence-corrected chi connectivity index (χ1v) is 5.90. The molecule has 0 fully saturated rings. The highest BCUT2D eigenvalue weighted by molar-refractivity contribution is 5.43. The van der Waals surface area contributed by atoms with Gasteiger partial charge in [-0.3, -0.25) is 0 Å². The van der Waals surface area contributed by atoms with Gasteiger partial charge in [-0.15, -0.1) is 14.8 Å². The van der Waals surface area contributed by atoms with E-state index in [4.69, 9.17) is 0 Å². The van der Waals surface area contributed by atoms with E-state index < -0.39 is 11.6 Å². The van der Waals surface area contributed by atoms with Crippen LogP contribution in [0, 0.1) is 11.6 Å². The van der Waals surface area contributed by atoms with Gasteiger partial charge in [-0.25, -0.2) is 8.78 Å². The van der Waals surface area contributed by atoms with Gasteiger partial charge in [-0.05, 0) is 47.2 Å². The maximum absolute atomic E-state index is 13.2. The molecule has 2 aromatic heterocycles. The van der Waals surface area contributed by atoms with Gasteiger partial charge in [0.2, 0.25) is 0 Å². The lowest BCUT2D eigenvalue weighted by molar-refractivity contribution is 0.506. The maximum Gasteiger partial charge on any atom is 0.200 e. The molecular formula is C12H10F2N6. The Kier molecular flexibility index (Phi) is 2.97. The molecule has 0 saturated heterocycles. The van der Waals surface area contributed by atoms with E-state index in [-0.39, 0.29) is 6.04 Å². The van der Waals surface area contributed by atoms with Gasteiger partial charge in [0, 0.05) is 0 Å². The summed E-state index contributed by atoms with van der Waals surface area (Å²) in [6.07, 6.45) is 0. The fourth-order valence-electron chi connectivity index (χ4n) is 1.81. The molecule has 1 unspecified atom stereocenters. The average Bonchev–Trinajstić information content (AvgIpc) is 2.89. The van der Waals surface area contributed by atoms with E-state index in [2.05, 4.69) is 25.9 Å². The topological polar surface area (TPSA) is 68.0 Å². The Hall–Kier alpha value is -2.64. The molecule has 102 valence electrons. The average molecular weight is 276 g/mol. The molecule has 1 N–H and O–H groups in total. The molecule has 3 aromatic rings. The molecular weight excluding hydrogens is 266 g/mol. The Morgan fingerprint density at radius 3 is 2.80 bits per heavy atom. The first-order chi connectivity index (χ1) is 9.63. The van der Waals surface area contributed by atoms with Crippen LogP contribution in [0.4, 0.5) is 14.6 Å². The molecule has 1 aromatic carbocycles. The number of nitrogens with zero attached hydrogens (tertiary/aromatic N) is 5. The Balaban J connectivity index is 1.83. The monoisotopic (exact) mass is 276 g/mol. The van der Waals surface area contributed by atoms with Crippen molar-refractivity contribution in [2.45, 2.75) is 13.0 Å². The van der Waals surface area contributed by atoms with Crippen molar-refractivity contribution in [1.82, 2.24) is 25.3 Å². The Morgan fingerprint density at radius 1 is 1.15 bits per heavy atom. The van der Waals surface area contributed by atoms with E-state index in [9.17, 15) is 8.78 Å². The van der Waals surface area contributed by atoms with Gasteiger partial charge >= 0.3 is 0 Å². The first-order valence-electron chi connectivity index (χ1n) is 5.90. The number of hydrogen-bond acceptors (Lipinski definition) is 5. The van der Waals surface area contributed by atoms with Crippen LogP contribution >= 0.6 is 0 Å². The molecule has 0 aliphatic rings. The summed E-state index contributed by atoms with van der Waals surface area (Å²) in [6, 6.07) is 6.94. The number of fused-ring (bicyclic) bond motifs is 1. The van der Waals surface area contributed by atoms with Gasteiger partial charge in [-0.1, -0.05) is 6.07 Å². The zero-order valence-corrected chi connectivity index (χ0v) is 10.5. The molecule has 20 heavy (non-hydrogen) atoms. The van der Waals surface area contributed by atoms with E-state index in [1.807, 2.05) is 6.92 Å². The molecule has 8 heteroatoms. The van der Waals surface area contributed by atoms with Crippen molar-refractivity contribution in [3.8, 4) is 0 Å². The van der Waals surface area contributed by atoms with Crippen molar-refractivity contribution in [2.75, 3.05) is 5.32 Å². The number of aromatic nitrogens is 5. The molecule has 2 heterocycles. The second kappa shape index (κ2) is 4.80. The highest BCUT2D eigenvalue weighted by Gasteiger charge is 2.10. The van der Waals surface area contributed by atoms with Crippen LogP contribution in [0.5, 0.6) is 0 Å². The van der Waals surface area contributed by atoms with Crippen molar-refractivity contribution in [3.63, 3.8) is 0 Å². The van der Waals surface area contributed by atoms with Gasteiger partial charge < -0.3 is 5.32 Å². The normalized spacial score (nSPS) is 12.6. The van der Waals surface area contributed by atoms with Gasteiger partial charge in [0.05, 0.1) is 6.04 Å². The number of rotatable bonds is 3. The fourth-order valence-corrected chi connectivity index (χ4v) is 1.81. The van der Waals surface area contributed by atoms with Gasteiger partial charge in [0.15, 0.2) is 17.3 Å². The summed E-state index contributed by atoms with van der Waals surface area (Å²) in [5.74, 6) is -1.21. The lowest BCUT2D eigenvalue weighted by atomic mass is 10.1. The third kappa shape index (κ3) is 2.27. The van der Waals surface area contributed by atoms with Crippen molar-refractivity contribution in [2.24, 2.45) is 0 Å². The maximum atomic E-state index is 13.2. The summed E-state index contributed by atoms with van der Waals surface area (Å²) < 4.78 is 27.4. The van der Waals surface area contributed by atoms with Crippen LogP contribution in [0.25, 0.3) is 5.65 Å². The number of nitrogens with one attached hydrogen (secondary N) is 1. The number of halogens is 2. The van der Waals surface area contributed by atoms with Crippen molar-refractivity contribution < 1.29 is 8.78 Å². The molecule has 3 rings (SSSR count). The van der Waals surface area contributed by atoms with Crippen LogP contribution in [0.15, 0.2) is 30.3 Å². The Labute approximate surface area is 112 Å². The molecule has 0 radical (unpaired) electrons. The zero-order valence-electron chi connectivity index (χ0n) is 10.5. The van der Waals surface area contributed by atoms with Gasteiger partial charge in [-0.2, -0.15) is 0 Å². The smallest absolute Gasteiger partial charge is 0.200 e. The Morgan fingerprint density at radius 2 is 2.00 bits per heavy atom. The van der Waals surface area contributed by atoms with Crippen LogP contribution in [0.2, 0.25) is 0 Å². The molecule has 0 aliphatic heterocycles. The minimum absolute atomic E-state index is 0.244. The second-order valence-corrected chi connectivity index (χ2v) is 4.28. The summed E-state index contributed by atoms with van der Waals surface area (Å²) in [4.78, 5) is 0. The molecule has 0 aliphatic carbocycles. The Bertz CT molecular complexity index is 757. The second-order valence-electron chi connectivity index (χ2n) is 4.28. The van der Waals surface area contributed by atoms with Crippen LogP contribution in [-0.2, 0) is 0 Å². The molecule has 0 saturated carbocycles. The minimum Gasteiger partial charge on any atom is -0.362 e. The summed E-state index contributed by atoms with van der Waals surface area (Å²) in [7, 11) is 0. The number of tetrazole rings is 1. The predicted octanol–water partition coefficient (Wildman–Crippen LogP) is 1.97. The van der Waals surface area contributed by atoms with E-state index in [1.54, 1.807) is 12.1 Å². The van der Waals surface area contributed by atoms with Crippen LogP contribution in [0.3, 0.4) is 0 Å². The van der Waals surface area contributed by atoms with Crippen LogP contribution < -0.4 is 5.32 Å². The fraction of sp³-hybridized carbons (Fsp3) is 0.167. The molecule has 0 spiro atoms. The summed E-state index contributed by atoms with van der Waals surface area (Å²) in [5.41, 5.74) is 1.14. The van der Waals surface area contributed by atoms with E-state index in [0.717, 1.165) is 12.1 Å². The SMILES string of the molecule is CC(Nc1ccc2nnnn2n1)c1ccc(F)c(F)c1. The standard InChI is InChI=1S/C12H10F2N6/c1-7(8-2-3-9(13)10(14)6-8)15-11-4-5-12-16-18-19-20(12)17-11/h2-7H,1H3,(H,15,17). The predicted molar refractivity (Wildman–Crippen MR) is 67.0 cm³/mol. The summed E-state index contributed by atoms with van der Waals surface area (Å²) in [6.45, 7) is 1.82. The number of hydrogen-bond donors (Lipinski definition) is 1. The van der Waals surface area contributed by atoms with Crippen molar-refractivity contribution in [1.29, 1.82) is 0 Å². The quantitative estimate of drug-likeness (QED) is 0.792. The molecule has 0 amide bonds. The molecule has 1 atom stereocenters. The van der Waals surface area contributed by atoms with Gasteiger partial charge in [0.25, 0.3) is 0 Å².